The Morgan fingerprint density at radius 3 is 3.00 bits per heavy atom. The molecule has 1 aromatic carbocycles. The number of carbonyl (C=O) groups is 1. The van der Waals surface area contributed by atoms with Crippen LogP contribution in [0.4, 0.5) is 5.13 Å². The number of nitrogens with zero attached hydrogens (tertiary/aromatic N) is 2. The van der Waals surface area contributed by atoms with Gasteiger partial charge in [-0.25, -0.2) is 4.98 Å². The fourth-order valence-electron chi connectivity index (χ4n) is 2.68. The van der Waals surface area contributed by atoms with Crippen molar-refractivity contribution in [3.05, 3.63) is 46.5 Å². The van der Waals surface area contributed by atoms with Gasteiger partial charge >= 0.3 is 0 Å². The highest BCUT2D eigenvalue weighted by molar-refractivity contribution is 7.15. The van der Waals surface area contributed by atoms with Crippen molar-refractivity contribution < 1.29 is 14.3 Å². The van der Waals surface area contributed by atoms with Crippen molar-refractivity contribution in [2.75, 3.05) is 25.1 Å². The van der Waals surface area contributed by atoms with Crippen molar-refractivity contribution in [1.82, 2.24) is 4.98 Å². The maximum Gasteiger partial charge on any atom is 0.228 e. The van der Waals surface area contributed by atoms with E-state index in [1.54, 1.807) is 18.3 Å². The van der Waals surface area contributed by atoms with Crippen LogP contribution in [0.2, 0.25) is 0 Å². The first-order chi connectivity index (χ1) is 12.7. The third-order valence-corrected chi connectivity index (χ3v) is 4.98. The second-order valence-electron chi connectivity index (χ2n) is 6.13. The Morgan fingerprint density at radius 1 is 1.42 bits per heavy atom. The molecule has 1 aliphatic rings. The molecule has 2 aromatic rings. The van der Waals surface area contributed by atoms with Crippen LogP contribution in [0.25, 0.3) is 0 Å². The van der Waals surface area contributed by atoms with Crippen molar-refractivity contribution in [2.45, 2.75) is 31.8 Å². The largest absolute Gasteiger partial charge is 0.378 e. The number of amides is 1. The number of anilines is 1. The Bertz CT molecular complexity index is 761. The maximum atomic E-state index is 12.0. The molecule has 136 valence electrons. The molecule has 0 aliphatic carbocycles. The molecule has 7 heteroatoms. The first kappa shape index (κ1) is 18.5. The summed E-state index contributed by atoms with van der Waals surface area (Å²) in [4.78, 5) is 17.3. The van der Waals surface area contributed by atoms with E-state index >= 15 is 0 Å². The monoisotopic (exact) mass is 371 g/mol. The van der Waals surface area contributed by atoms with Crippen molar-refractivity contribution in [2.24, 2.45) is 0 Å². The van der Waals surface area contributed by atoms with Crippen LogP contribution in [0.5, 0.6) is 0 Å². The van der Waals surface area contributed by atoms with E-state index in [2.05, 4.69) is 16.4 Å². The molecular formula is C19H21N3O3S. The minimum atomic E-state index is -0.100. The topological polar surface area (TPSA) is 84.2 Å². The quantitative estimate of drug-likeness (QED) is 0.721. The van der Waals surface area contributed by atoms with Crippen LogP contribution in [0.15, 0.2) is 30.5 Å². The summed E-state index contributed by atoms with van der Waals surface area (Å²) in [5, 5.41) is 12.2. The van der Waals surface area contributed by atoms with E-state index in [0.717, 1.165) is 36.3 Å². The number of hydrogen-bond acceptors (Lipinski definition) is 6. The molecule has 26 heavy (non-hydrogen) atoms. The lowest BCUT2D eigenvalue weighted by molar-refractivity contribution is -0.117. The van der Waals surface area contributed by atoms with Gasteiger partial charge in [-0.1, -0.05) is 12.1 Å². The Balaban J connectivity index is 1.39. The molecule has 0 bridgehead atoms. The van der Waals surface area contributed by atoms with Crippen molar-refractivity contribution >= 4 is 22.4 Å². The Morgan fingerprint density at radius 2 is 2.27 bits per heavy atom. The summed E-state index contributed by atoms with van der Waals surface area (Å²) in [5.74, 6) is -0.100. The summed E-state index contributed by atoms with van der Waals surface area (Å²) in [5.41, 5.74) is 1.75. The number of aromatic nitrogens is 1. The summed E-state index contributed by atoms with van der Waals surface area (Å²) in [7, 11) is 0. The molecule has 1 aromatic heterocycles. The lowest BCUT2D eigenvalue weighted by Crippen LogP contribution is -2.18. The fourth-order valence-corrected chi connectivity index (χ4v) is 3.55. The third-order valence-electron chi connectivity index (χ3n) is 4.06. The molecular weight excluding hydrogens is 350 g/mol. The average Bonchev–Trinajstić information content (AvgIpc) is 3.32. The van der Waals surface area contributed by atoms with Crippen LogP contribution < -0.4 is 5.32 Å². The van der Waals surface area contributed by atoms with Gasteiger partial charge in [0.15, 0.2) is 5.13 Å². The lowest BCUT2D eigenvalue weighted by Gasteiger charge is -2.09. The number of benzene rings is 1. The van der Waals surface area contributed by atoms with Gasteiger partial charge < -0.3 is 14.8 Å². The number of nitriles is 1. The van der Waals surface area contributed by atoms with Gasteiger partial charge in [-0.05, 0) is 30.5 Å². The summed E-state index contributed by atoms with van der Waals surface area (Å²) in [6.45, 7) is 1.75. The number of carbonyl (C=O) groups excluding carboxylic acids is 1. The second-order valence-corrected chi connectivity index (χ2v) is 7.24. The lowest BCUT2D eigenvalue weighted by atomic mass is 10.1. The van der Waals surface area contributed by atoms with Gasteiger partial charge in [0.25, 0.3) is 0 Å². The summed E-state index contributed by atoms with van der Waals surface area (Å²) < 4.78 is 11.0. The van der Waals surface area contributed by atoms with Crippen molar-refractivity contribution in [3.8, 4) is 6.07 Å². The molecule has 3 rings (SSSR count). The molecule has 1 amide bonds. The van der Waals surface area contributed by atoms with Crippen LogP contribution >= 0.6 is 11.3 Å². The van der Waals surface area contributed by atoms with Gasteiger partial charge in [0.2, 0.25) is 5.91 Å². The molecule has 1 unspecified atom stereocenters. The Kier molecular flexibility index (Phi) is 6.72. The average molecular weight is 371 g/mol. The fraction of sp³-hybridized carbons (Fsp3) is 0.421. The first-order valence-corrected chi connectivity index (χ1v) is 9.47. The second kappa shape index (κ2) is 9.43. The van der Waals surface area contributed by atoms with E-state index in [1.165, 1.54) is 11.3 Å². The van der Waals surface area contributed by atoms with Crippen LogP contribution in [0.3, 0.4) is 0 Å². The minimum absolute atomic E-state index is 0.100. The third kappa shape index (κ3) is 5.63. The molecule has 1 aliphatic heterocycles. The summed E-state index contributed by atoms with van der Waals surface area (Å²) in [6.07, 6.45) is 5.10. The highest BCUT2D eigenvalue weighted by Gasteiger charge is 2.15. The zero-order chi connectivity index (χ0) is 18.2. The molecule has 1 atom stereocenters. The number of thiazole rings is 1. The SMILES string of the molecule is N#Cc1ccc(Cc2cnc(NC(=O)CCOCC3CCCO3)s2)cc1. The number of nitrogens with one attached hydrogen (secondary N) is 1. The van der Waals surface area contributed by atoms with E-state index in [1.807, 2.05) is 12.1 Å². The number of ether oxygens (including phenoxy) is 2. The molecule has 0 saturated carbocycles. The molecule has 6 nitrogen and oxygen atoms in total. The predicted molar refractivity (Wildman–Crippen MR) is 99.1 cm³/mol. The Labute approximate surface area is 156 Å². The van der Waals surface area contributed by atoms with E-state index in [9.17, 15) is 4.79 Å². The molecule has 0 radical (unpaired) electrons. The van der Waals surface area contributed by atoms with Gasteiger partial charge in [0.1, 0.15) is 0 Å². The predicted octanol–water partition coefficient (Wildman–Crippen LogP) is 3.13. The summed E-state index contributed by atoms with van der Waals surface area (Å²) >= 11 is 1.46. The van der Waals surface area contributed by atoms with Gasteiger partial charge in [0, 0.05) is 24.1 Å². The molecule has 1 fully saturated rings. The van der Waals surface area contributed by atoms with Gasteiger partial charge in [-0.15, -0.1) is 11.3 Å². The summed E-state index contributed by atoms with van der Waals surface area (Å²) in [6, 6.07) is 9.57. The van der Waals surface area contributed by atoms with Crippen LogP contribution in [-0.4, -0.2) is 36.8 Å². The highest BCUT2D eigenvalue weighted by Crippen LogP contribution is 2.21. The highest BCUT2D eigenvalue weighted by atomic mass is 32.1. The smallest absolute Gasteiger partial charge is 0.228 e. The maximum absolute atomic E-state index is 12.0. The van der Waals surface area contributed by atoms with Crippen LogP contribution in [0.1, 0.15) is 35.3 Å². The van der Waals surface area contributed by atoms with E-state index < -0.39 is 0 Å². The van der Waals surface area contributed by atoms with E-state index in [-0.39, 0.29) is 12.0 Å². The molecule has 2 heterocycles. The molecule has 1 N–H and O–H groups in total. The number of rotatable bonds is 8. The Hall–Kier alpha value is -2.27. The normalized spacial score (nSPS) is 16.3. The van der Waals surface area contributed by atoms with Gasteiger partial charge in [-0.2, -0.15) is 5.26 Å². The standard InChI is InChI=1S/C19H21N3O3S/c20-11-15-5-3-14(4-6-15)10-17-12-21-19(26-17)22-18(23)7-9-24-13-16-2-1-8-25-16/h3-6,12,16H,1-2,7-10,13H2,(H,21,22,23). The van der Waals surface area contributed by atoms with E-state index in [4.69, 9.17) is 14.7 Å². The zero-order valence-corrected chi connectivity index (χ0v) is 15.3. The zero-order valence-electron chi connectivity index (χ0n) is 14.4. The molecule has 1 saturated heterocycles. The van der Waals surface area contributed by atoms with Gasteiger partial charge in [0.05, 0.1) is 37.4 Å². The van der Waals surface area contributed by atoms with Crippen molar-refractivity contribution in [3.63, 3.8) is 0 Å². The first-order valence-electron chi connectivity index (χ1n) is 8.66. The van der Waals surface area contributed by atoms with Crippen LogP contribution in [-0.2, 0) is 20.7 Å². The van der Waals surface area contributed by atoms with Crippen molar-refractivity contribution in [1.29, 1.82) is 5.26 Å². The van der Waals surface area contributed by atoms with E-state index in [0.29, 0.717) is 30.3 Å². The van der Waals surface area contributed by atoms with Crippen LogP contribution in [0, 0.1) is 11.3 Å². The molecule has 0 spiro atoms. The minimum Gasteiger partial charge on any atom is -0.378 e. The number of hydrogen-bond donors (Lipinski definition) is 1. The van der Waals surface area contributed by atoms with Gasteiger partial charge in [-0.3, -0.25) is 4.79 Å².